The van der Waals surface area contributed by atoms with Gasteiger partial charge in [0.2, 0.25) is 0 Å². The summed E-state index contributed by atoms with van der Waals surface area (Å²) in [6.07, 6.45) is 6.47. The Balaban J connectivity index is 1.62. The van der Waals surface area contributed by atoms with Crippen molar-refractivity contribution in [2.45, 2.75) is 25.9 Å². The number of rotatable bonds is 9. The smallest absolute Gasteiger partial charge is 0.308 e. The van der Waals surface area contributed by atoms with Crippen LogP contribution in [0.1, 0.15) is 31.4 Å². The first kappa shape index (κ1) is 21.0. The fourth-order valence-corrected chi connectivity index (χ4v) is 4.48. The van der Waals surface area contributed by atoms with E-state index in [2.05, 4.69) is 15.3 Å². The molecule has 2 unspecified atom stereocenters. The first-order valence-corrected chi connectivity index (χ1v) is 11.1. The summed E-state index contributed by atoms with van der Waals surface area (Å²) in [5.74, 6) is -1.22. The van der Waals surface area contributed by atoms with E-state index >= 15 is 0 Å². The van der Waals surface area contributed by atoms with Crippen LogP contribution in [0.2, 0.25) is 0 Å². The molecule has 8 heteroatoms. The lowest BCUT2D eigenvalue weighted by Gasteiger charge is -2.11. The highest BCUT2D eigenvalue weighted by Crippen LogP contribution is 2.39. The molecule has 1 aliphatic rings. The van der Waals surface area contributed by atoms with Gasteiger partial charge in [0.25, 0.3) is 0 Å². The molecule has 160 valence electrons. The Kier molecular flexibility index (Phi) is 6.57. The molecule has 2 aromatic heterocycles. The van der Waals surface area contributed by atoms with Crippen molar-refractivity contribution >= 4 is 28.8 Å². The van der Waals surface area contributed by atoms with Crippen LogP contribution in [-0.4, -0.2) is 40.5 Å². The summed E-state index contributed by atoms with van der Waals surface area (Å²) in [6, 6.07) is 12.0. The lowest BCUT2D eigenvalue weighted by molar-refractivity contribution is -0.141. The molecule has 0 aliphatic carbocycles. The zero-order chi connectivity index (χ0) is 21.6. The molecule has 2 N–H and O–H groups in total. The first-order valence-electron chi connectivity index (χ1n) is 10.3. The Labute approximate surface area is 184 Å². The maximum absolute atomic E-state index is 11.5. The third kappa shape index (κ3) is 4.91. The van der Waals surface area contributed by atoms with Crippen LogP contribution in [0.4, 0.5) is 5.13 Å². The number of anilines is 1. The third-order valence-corrected chi connectivity index (χ3v) is 6.23. The number of ether oxygens (including phenoxy) is 1. The number of benzene rings is 1. The van der Waals surface area contributed by atoms with Gasteiger partial charge in [0.05, 0.1) is 23.0 Å². The molecule has 31 heavy (non-hydrogen) atoms. The molecule has 0 amide bonds. The number of aliphatic imine (C=N–C) groups is 1. The van der Waals surface area contributed by atoms with E-state index in [9.17, 15) is 9.90 Å². The number of carboxylic acids is 1. The molecule has 7 nitrogen and oxygen atoms in total. The maximum atomic E-state index is 11.5. The van der Waals surface area contributed by atoms with Crippen LogP contribution in [0.15, 0.2) is 53.8 Å². The van der Waals surface area contributed by atoms with Crippen LogP contribution in [0.25, 0.3) is 21.7 Å². The number of nitrogens with one attached hydrogen (secondary N) is 1. The monoisotopic (exact) mass is 436 g/mol. The third-order valence-electron chi connectivity index (χ3n) is 5.16. The summed E-state index contributed by atoms with van der Waals surface area (Å²) in [5.41, 5.74) is 3.87. The zero-order valence-electron chi connectivity index (χ0n) is 17.2. The molecule has 2 atom stereocenters. The first-order chi connectivity index (χ1) is 15.2. The number of hydrogen-bond donors (Lipinski definition) is 2. The lowest BCUT2D eigenvalue weighted by Crippen LogP contribution is -2.22. The second kappa shape index (κ2) is 9.70. The van der Waals surface area contributed by atoms with Crippen molar-refractivity contribution in [3.8, 4) is 21.7 Å². The van der Waals surface area contributed by atoms with Gasteiger partial charge in [-0.05, 0) is 18.1 Å². The predicted molar refractivity (Wildman–Crippen MR) is 122 cm³/mol. The van der Waals surface area contributed by atoms with E-state index in [1.54, 1.807) is 6.20 Å². The van der Waals surface area contributed by atoms with E-state index in [0.717, 1.165) is 33.7 Å². The standard InChI is InChI=1S/C23H24N4O3S/c1-2-4-18(22(28)29)12-26-23-27-20(21(31-23)17-5-3-10-24-11-17)16-8-6-15(7-9-16)19-13-25-14-30-19/h3,5-11,14,18-19H,2,4,12-13H2,1H3,(H,26,27)(H,28,29). The number of nitrogens with zero attached hydrogens (tertiary/aromatic N) is 3. The Morgan fingerprint density at radius 3 is 2.77 bits per heavy atom. The molecule has 4 rings (SSSR count). The van der Waals surface area contributed by atoms with E-state index in [4.69, 9.17) is 9.72 Å². The van der Waals surface area contributed by atoms with Crippen LogP contribution >= 0.6 is 11.3 Å². The number of pyridine rings is 1. The second-order valence-corrected chi connectivity index (χ2v) is 8.36. The largest absolute Gasteiger partial charge is 0.481 e. The summed E-state index contributed by atoms with van der Waals surface area (Å²) in [7, 11) is 0. The summed E-state index contributed by atoms with van der Waals surface area (Å²) < 4.78 is 5.50. The van der Waals surface area contributed by atoms with Gasteiger partial charge in [-0.2, -0.15) is 0 Å². The van der Waals surface area contributed by atoms with Crippen molar-refractivity contribution < 1.29 is 14.6 Å². The molecule has 0 fully saturated rings. The van der Waals surface area contributed by atoms with Crippen molar-refractivity contribution in [2.75, 3.05) is 18.4 Å². The lowest BCUT2D eigenvalue weighted by atomic mass is 10.0. The summed E-state index contributed by atoms with van der Waals surface area (Å²) in [4.78, 5) is 25.6. The molecule has 1 aliphatic heterocycles. The Morgan fingerprint density at radius 2 is 2.13 bits per heavy atom. The van der Waals surface area contributed by atoms with Gasteiger partial charge in [0, 0.05) is 30.1 Å². The number of thiazole rings is 1. The molecular formula is C23H24N4O3S. The van der Waals surface area contributed by atoms with Crippen molar-refractivity contribution in [2.24, 2.45) is 10.9 Å². The van der Waals surface area contributed by atoms with E-state index in [1.165, 1.54) is 17.7 Å². The van der Waals surface area contributed by atoms with Gasteiger partial charge < -0.3 is 15.2 Å². The van der Waals surface area contributed by atoms with Crippen molar-refractivity contribution in [1.82, 2.24) is 9.97 Å². The van der Waals surface area contributed by atoms with Crippen molar-refractivity contribution in [1.29, 1.82) is 0 Å². The molecular weight excluding hydrogens is 412 g/mol. The highest BCUT2D eigenvalue weighted by atomic mass is 32.1. The van der Waals surface area contributed by atoms with Crippen molar-refractivity contribution in [3.05, 3.63) is 54.4 Å². The maximum Gasteiger partial charge on any atom is 0.308 e. The zero-order valence-corrected chi connectivity index (χ0v) is 18.0. The summed E-state index contributed by atoms with van der Waals surface area (Å²) in [6.45, 7) is 2.97. The Bertz CT molecular complexity index is 1040. The molecule has 0 saturated carbocycles. The SMILES string of the molecule is CCCC(CNc1nc(-c2ccc(C3CN=CO3)cc2)c(-c2cccnc2)s1)C(=O)O. The van der Waals surface area contributed by atoms with Gasteiger partial charge in [0.1, 0.15) is 6.10 Å². The second-order valence-electron chi connectivity index (χ2n) is 7.36. The Hall–Kier alpha value is -3.26. The minimum absolute atomic E-state index is 0.0361. The van der Waals surface area contributed by atoms with E-state index in [-0.39, 0.29) is 6.10 Å². The van der Waals surface area contributed by atoms with Crippen LogP contribution in [-0.2, 0) is 9.53 Å². The molecule has 3 aromatic rings. The molecule has 1 aromatic carbocycles. The molecule has 0 saturated heterocycles. The fraction of sp³-hybridized carbons (Fsp3) is 0.304. The van der Waals surface area contributed by atoms with Crippen molar-refractivity contribution in [3.63, 3.8) is 0 Å². The summed E-state index contributed by atoms with van der Waals surface area (Å²) >= 11 is 1.51. The number of carboxylic acid groups (broad SMARTS) is 1. The molecule has 0 bridgehead atoms. The molecule has 3 heterocycles. The molecule has 0 spiro atoms. The van der Waals surface area contributed by atoms with E-state index in [0.29, 0.717) is 24.6 Å². The van der Waals surface area contributed by atoms with Crippen LogP contribution < -0.4 is 5.32 Å². The average molecular weight is 437 g/mol. The van der Waals surface area contributed by atoms with Gasteiger partial charge in [-0.25, -0.2) is 4.98 Å². The van der Waals surface area contributed by atoms with Gasteiger partial charge in [-0.1, -0.05) is 55.0 Å². The number of carbonyl (C=O) groups is 1. The van der Waals surface area contributed by atoms with Gasteiger partial charge in [-0.15, -0.1) is 0 Å². The average Bonchev–Trinajstić information content (AvgIpc) is 3.48. The quantitative estimate of drug-likeness (QED) is 0.496. The van der Waals surface area contributed by atoms with Gasteiger partial charge in [-0.3, -0.25) is 14.8 Å². The normalized spacial score (nSPS) is 16.1. The van der Waals surface area contributed by atoms with E-state index in [1.807, 2.05) is 49.5 Å². The van der Waals surface area contributed by atoms with Crippen LogP contribution in [0.3, 0.4) is 0 Å². The fourth-order valence-electron chi connectivity index (χ4n) is 3.49. The van der Waals surface area contributed by atoms with Gasteiger partial charge in [0.15, 0.2) is 11.5 Å². The molecule has 0 radical (unpaired) electrons. The number of aliphatic carboxylic acids is 1. The van der Waals surface area contributed by atoms with Crippen LogP contribution in [0, 0.1) is 5.92 Å². The van der Waals surface area contributed by atoms with Crippen LogP contribution in [0.5, 0.6) is 0 Å². The minimum Gasteiger partial charge on any atom is -0.481 e. The summed E-state index contributed by atoms with van der Waals surface area (Å²) in [5, 5.41) is 13.4. The minimum atomic E-state index is -0.785. The number of aromatic nitrogens is 2. The highest BCUT2D eigenvalue weighted by Gasteiger charge is 2.20. The van der Waals surface area contributed by atoms with Gasteiger partial charge >= 0.3 is 5.97 Å². The number of hydrogen-bond acceptors (Lipinski definition) is 7. The highest BCUT2D eigenvalue weighted by molar-refractivity contribution is 7.19. The predicted octanol–water partition coefficient (Wildman–Crippen LogP) is 4.88. The topological polar surface area (TPSA) is 96.7 Å². The Morgan fingerprint density at radius 1 is 1.29 bits per heavy atom. The van der Waals surface area contributed by atoms with E-state index < -0.39 is 11.9 Å².